The van der Waals surface area contributed by atoms with Crippen LogP contribution in [-0.4, -0.2) is 28.4 Å². The second-order valence-electron chi connectivity index (χ2n) is 6.35. The molecule has 0 aliphatic rings. The summed E-state index contributed by atoms with van der Waals surface area (Å²) in [5.41, 5.74) is 1.49. The van der Waals surface area contributed by atoms with E-state index in [0.29, 0.717) is 12.1 Å². The van der Waals surface area contributed by atoms with Crippen molar-refractivity contribution in [3.8, 4) is 5.75 Å². The summed E-state index contributed by atoms with van der Waals surface area (Å²) in [4.78, 5) is 0. The van der Waals surface area contributed by atoms with Gasteiger partial charge in [0.05, 0.1) is 18.8 Å². The molecule has 0 saturated heterocycles. The van der Waals surface area contributed by atoms with Crippen LogP contribution in [0.1, 0.15) is 51.8 Å². The third kappa shape index (κ3) is 5.49. The van der Waals surface area contributed by atoms with Gasteiger partial charge in [-0.25, -0.2) is 0 Å². The van der Waals surface area contributed by atoms with Gasteiger partial charge in [0.15, 0.2) is 0 Å². The molecule has 114 valence electrons. The number of aromatic hydroxyl groups is 1. The fourth-order valence-electron chi connectivity index (χ4n) is 1.90. The monoisotopic (exact) mass is 281 g/mol. The third-order valence-electron chi connectivity index (χ3n) is 2.90. The first-order valence-electron chi connectivity index (χ1n) is 7.06. The maximum Gasteiger partial charge on any atom is 0.121 e. The lowest BCUT2D eigenvalue weighted by molar-refractivity contribution is 0.00395. The number of benzene rings is 1. The van der Waals surface area contributed by atoms with Gasteiger partial charge in [-0.3, -0.25) is 0 Å². The first-order chi connectivity index (χ1) is 9.23. The largest absolute Gasteiger partial charge is 0.508 e. The van der Waals surface area contributed by atoms with Crippen LogP contribution in [0.4, 0.5) is 0 Å². The lowest BCUT2D eigenvalue weighted by atomic mass is 10.0. The van der Waals surface area contributed by atoms with Gasteiger partial charge in [-0.15, -0.1) is 0 Å². The molecular formula is C16H27NO3. The van der Waals surface area contributed by atoms with E-state index in [4.69, 9.17) is 4.74 Å². The van der Waals surface area contributed by atoms with Crippen molar-refractivity contribution in [1.29, 1.82) is 0 Å². The van der Waals surface area contributed by atoms with Gasteiger partial charge < -0.3 is 20.3 Å². The van der Waals surface area contributed by atoms with E-state index in [2.05, 4.69) is 26.1 Å². The van der Waals surface area contributed by atoms with E-state index in [1.807, 2.05) is 19.9 Å². The highest BCUT2D eigenvalue weighted by molar-refractivity contribution is 5.36. The van der Waals surface area contributed by atoms with Crippen molar-refractivity contribution in [1.82, 2.24) is 5.32 Å². The lowest BCUT2D eigenvalue weighted by Gasteiger charge is -2.27. The minimum atomic E-state index is -0.180. The zero-order chi connectivity index (χ0) is 15.3. The molecule has 1 aromatic rings. The maximum atomic E-state index is 9.64. The van der Waals surface area contributed by atoms with Crippen LogP contribution in [0.3, 0.4) is 0 Å². The van der Waals surface area contributed by atoms with Crippen molar-refractivity contribution in [2.24, 2.45) is 0 Å². The number of hydrogen-bond donors (Lipinski definition) is 3. The van der Waals surface area contributed by atoms with Crippen molar-refractivity contribution in [3.63, 3.8) is 0 Å². The summed E-state index contributed by atoms with van der Waals surface area (Å²) in [5.74, 6) is 0.114. The number of hydrogen-bond acceptors (Lipinski definition) is 4. The van der Waals surface area contributed by atoms with Crippen LogP contribution in [0.2, 0.25) is 0 Å². The molecule has 0 aliphatic carbocycles. The Morgan fingerprint density at radius 1 is 1.25 bits per heavy atom. The van der Waals surface area contributed by atoms with Crippen molar-refractivity contribution >= 4 is 0 Å². The van der Waals surface area contributed by atoms with Crippen molar-refractivity contribution in [3.05, 3.63) is 29.3 Å². The summed E-state index contributed by atoms with van der Waals surface area (Å²) in [6.07, 6.45) is -0.00623. The minimum Gasteiger partial charge on any atom is -0.508 e. The average Bonchev–Trinajstić information content (AvgIpc) is 2.33. The summed E-state index contributed by atoms with van der Waals surface area (Å²) >= 11 is 0. The number of aliphatic hydroxyl groups is 1. The minimum absolute atomic E-state index is 0.00924. The molecule has 0 aromatic heterocycles. The number of rotatable bonds is 6. The number of aliphatic hydroxyl groups excluding tert-OH is 1. The highest BCUT2D eigenvalue weighted by Gasteiger charge is 2.18. The Labute approximate surface area is 121 Å². The molecule has 4 heteroatoms. The Balaban J connectivity index is 2.92. The van der Waals surface area contributed by atoms with Crippen LogP contribution in [0.25, 0.3) is 0 Å². The highest BCUT2D eigenvalue weighted by atomic mass is 16.5. The standard InChI is InChI=1S/C16H27NO3/c1-11(2)20-15(9-17-16(3,4)5)12-6-7-14(19)13(8-12)10-18/h6-8,11,15,17-19H,9-10H2,1-5H3. The summed E-state index contributed by atoms with van der Waals surface area (Å²) in [7, 11) is 0. The smallest absolute Gasteiger partial charge is 0.121 e. The van der Waals surface area contributed by atoms with E-state index >= 15 is 0 Å². The first-order valence-corrected chi connectivity index (χ1v) is 7.06. The van der Waals surface area contributed by atoms with Crippen LogP contribution in [0.5, 0.6) is 5.75 Å². The summed E-state index contributed by atoms with van der Waals surface area (Å²) < 4.78 is 5.95. The van der Waals surface area contributed by atoms with Crippen LogP contribution < -0.4 is 5.32 Å². The molecule has 0 saturated carbocycles. The highest BCUT2D eigenvalue weighted by Crippen LogP contribution is 2.25. The molecule has 0 amide bonds. The third-order valence-corrected chi connectivity index (χ3v) is 2.90. The molecule has 1 atom stereocenters. The molecule has 0 heterocycles. The Morgan fingerprint density at radius 3 is 2.40 bits per heavy atom. The van der Waals surface area contributed by atoms with Crippen molar-refractivity contribution in [2.75, 3.05) is 6.54 Å². The summed E-state index contributed by atoms with van der Waals surface area (Å²) in [5, 5.41) is 22.3. The summed E-state index contributed by atoms with van der Waals surface area (Å²) in [6.45, 7) is 10.8. The molecular weight excluding hydrogens is 254 g/mol. The van der Waals surface area contributed by atoms with Gasteiger partial charge in [0.25, 0.3) is 0 Å². The zero-order valence-corrected chi connectivity index (χ0v) is 13.1. The van der Waals surface area contributed by atoms with Gasteiger partial charge in [0.2, 0.25) is 0 Å². The van der Waals surface area contributed by atoms with Gasteiger partial charge in [0.1, 0.15) is 5.75 Å². The topological polar surface area (TPSA) is 61.7 Å². The second kappa shape index (κ2) is 7.07. The molecule has 1 unspecified atom stereocenters. The van der Waals surface area contributed by atoms with E-state index in [-0.39, 0.29) is 30.1 Å². The van der Waals surface area contributed by atoms with E-state index in [0.717, 1.165) is 5.56 Å². The van der Waals surface area contributed by atoms with Crippen LogP contribution in [-0.2, 0) is 11.3 Å². The lowest BCUT2D eigenvalue weighted by Crippen LogP contribution is -2.39. The fourth-order valence-corrected chi connectivity index (χ4v) is 1.90. The Morgan fingerprint density at radius 2 is 1.90 bits per heavy atom. The fraction of sp³-hybridized carbons (Fsp3) is 0.625. The molecule has 0 spiro atoms. The second-order valence-corrected chi connectivity index (χ2v) is 6.35. The molecule has 20 heavy (non-hydrogen) atoms. The number of ether oxygens (including phenoxy) is 1. The van der Waals surface area contributed by atoms with E-state index in [9.17, 15) is 10.2 Å². The molecule has 0 radical (unpaired) electrons. The van der Waals surface area contributed by atoms with Crippen LogP contribution >= 0.6 is 0 Å². The van der Waals surface area contributed by atoms with Gasteiger partial charge >= 0.3 is 0 Å². The molecule has 4 nitrogen and oxygen atoms in total. The van der Waals surface area contributed by atoms with Crippen LogP contribution in [0.15, 0.2) is 18.2 Å². The van der Waals surface area contributed by atoms with E-state index < -0.39 is 0 Å². The van der Waals surface area contributed by atoms with Gasteiger partial charge in [-0.1, -0.05) is 6.07 Å². The van der Waals surface area contributed by atoms with E-state index in [1.165, 1.54) is 0 Å². The normalized spacial score (nSPS) is 13.8. The molecule has 3 N–H and O–H groups in total. The van der Waals surface area contributed by atoms with Crippen molar-refractivity contribution in [2.45, 2.75) is 59.0 Å². The predicted octanol–water partition coefficient (Wildman–Crippen LogP) is 2.74. The number of phenols is 1. The summed E-state index contributed by atoms with van der Waals surface area (Å²) in [6, 6.07) is 5.24. The quantitative estimate of drug-likeness (QED) is 0.750. The van der Waals surface area contributed by atoms with E-state index in [1.54, 1.807) is 12.1 Å². The van der Waals surface area contributed by atoms with Gasteiger partial charge in [-0.2, -0.15) is 0 Å². The first kappa shape index (κ1) is 17.0. The Kier molecular flexibility index (Phi) is 5.99. The van der Waals surface area contributed by atoms with Crippen LogP contribution in [0, 0.1) is 0 Å². The Hall–Kier alpha value is -1.10. The molecule has 0 bridgehead atoms. The molecule has 0 aliphatic heterocycles. The Bertz CT molecular complexity index is 424. The SMILES string of the molecule is CC(C)OC(CNC(C)(C)C)c1ccc(O)c(CO)c1. The zero-order valence-electron chi connectivity index (χ0n) is 13.1. The average molecular weight is 281 g/mol. The molecule has 1 rings (SSSR count). The maximum absolute atomic E-state index is 9.64. The van der Waals surface area contributed by atoms with Crippen molar-refractivity contribution < 1.29 is 14.9 Å². The van der Waals surface area contributed by atoms with Gasteiger partial charge in [0, 0.05) is 17.6 Å². The van der Waals surface area contributed by atoms with Gasteiger partial charge in [-0.05, 0) is 52.3 Å². The molecule has 0 fully saturated rings. The predicted molar refractivity (Wildman–Crippen MR) is 80.7 cm³/mol. The number of nitrogens with one attached hydrogen (secondary N) is 1. The molecule has 1 aromatic carbocycles.